The monoisotopic (exact) mass is 513 g/mol. The molecule has 0 saturated heterocycles. The van der Waals surface area contributed by atoms with Crippen molar-refractivity contribution in [1.82, 2.24) is 25.1 Å². The van der Waals surface area contributed by atoms with Gasteiger partial charge in [0.05, 0.1) is 29.5 Å². The van der Waals surface area contributed by atoms with Crippen molar-refractivity contribution >= 4 is 31.6 Å². The molecule has 5 rings (SSSR count). The second-order valence-electron chi connectivity index (χ2n) is 9.49. The lowest BCUT2D eigenvalue weighted by Crippen LogP contribution is -2.23. The Bertz CT molecular complexity index is 1610. The molecule has 3 aromatic carbocycles. The summed E-state index contributed by atoms with van der Waals surface area (Å²) in [7, 11) is -2.90. The van der Waals surface area contributed by atoms with E-state index < -0.39 is 9.84 Å². The molecule has 5 aromatic rings. The van der Waals surface area contributed by atoms with E-state index in [2.05, 4.69) is 63.9 Å². The Labute approximate surface area is 217 Å². The largest absolute Gasteiger partial charge is 0.316 e. The van der Waals surface area contributed by atoms with Crippen LogP contribution in [0.5, 0.6) is 0 Å². The SMILES string of the molecule is CS(=O)(=O)CCNCCCCc1ccc2cnc(-c3ccc4c(cnn4Cc4ccccc4)c3)nc2c1. The van der Waals surface area contributed by atoms with Gasteiger partial charge in [-0.05, 0) is 61.2 Å². The van der Waals surface area contributed by atoms with Gasteiger partial charge in [-0.2, -0.15) is 5.10 Å². The fraction of sp³-hybridized carbons (Fsp3) is 0.276. The quantitative estimate of drug-likeness (QED) is 0.259. The van der Waals surface area contributed by atoms with Gasteiger partial charge in [-0.15, -0.1) is 0 Å². The maximum atomic E-state index is 11.2. The third kappa shape index (κ3) is 6.58. The van der Waals surface area contributed by atoms with E-state index in [1.165, 1.54) is 17.4 Å². The predicted molar refractivity (Wildman–Crippen MR) is 149 cm³/mol. The van der Waals surface area contributed by atoms with Crippen LogP contribution in [-0.4, -0.2) is 53.3 Å². The number of hydrogen-bond donors (Lipinski definition) is 1. The maximum absolute atomic E-state index is 11.2. The first-order valence-corrected chi connectivity index (χ1v) is 14.6. The summed E-state index contributed by atoms with van der Waals surface area (Å²) in [5.41, 5.74) is 5.45. The Kier molecular flexibility index (Phi) is 7.58. The minimum atomic E-state index is -2.90. The highest BCUT2D eigenvalue weighted by Crippen LogP contribution is 2.24. The van der Waals surface area contributed by atoms with Gasteiger partial charge < -0.3 is 5.32 Å². The molecule has 0 aliphatic carbocycles. The lowest BCUT2D eigenvalue weighted by molar-refractivity contribution is 0.592. The zero-order valence-corrected chi connectivity index (χ0v) is 21.8. The van der Waals surface area contributed by atoms with Gasteiger partial charge in [0.2, 0.25) is 0 Å². The summed E-state index contributed by atoms with van der Waals surface area (Å²) >= 11 is 0. The standard InChI is InChI=1S/C29H31N5O2S/c1-37(35,36)16-15-30-14-6-5-7-22-10-11-25-19-31-29(33-27(25)17-22)24-12-13-28-26(18-24)20-32-34(28)21-23-8-3-2-4-9-23/h2-4,8-13,17-20,30H,5-7,14-16,21H2,1H3. The topological polar surface area (TPSA) is 89.8 Å². The normalized spacial score (nSPS) is 11.9. The smallest absolute Gasteiger partial charge is 0.159 e. The number of nitrogens with one attached hydrogen (secondary N) is 1. The Hall–Kier alpha value is -3.62. The van der Waals surface area contributed by atoms with E-state index in [0.29, 0.717) is 12.4 Å². The van der Waals surface area contributed by atoms with E-state index in [1.807, 2.05) is 35.3 Å². The summed E-state index contributed by atoms with van der Waals surface area (Å²) in [6.45, 7) is 2.06. The number of fused-ring (bicyclic) bond motifs is 2. The molecule has 7 nitrogen and oxygen atoms in total. The number of aryl methyl sites for hydroxylation is 1. The van der Waals surface area contributed by atoms with Crippen LogP contribution in [0, 0.1) is 0 Å². The van der Waals surface area contributed by atoms with Crippen molar-refractivity contribution in [3.05, 3.63) is 90.3 Å². The van der Waals surface area contributed by atoms with Crippen molar-refractivity contribution in [2.45, 2.75) is 25.8 Å². The minimum absolute atomic E-state index is 0.183. The first-order chi connectivity index (χ1) is 17.9. The Morgan fingerprint density at radius 1 is 0.865 bits per heavy atom. The summed E-state index contributed by atoms with van der Waals surface area (Å²) in [5, 5.41) is 9.88. The molecule has 1 N–H and O–H groups in total. The average Bonchev–Trinajstić information content (AvgIpc) is 3.29. The molecule has 0 atom stereocenters. The number of hydrogen-bond acceptors (Lipinski definition) is 6. The van der Waals surface area contributed by atoms with Gasteiger partial charge in [0, 0.05) is 35.3 Å². The van der Waals surface area contributed by atoms with Crippen LogP contribution >= 0.6 is 0 Å². The van der Waals surface area contributed by atoms with Crippen molar-refractivity contribution in [1.29, 1.82) is 0 Å². The van der Waals surface area contributed by atoms with Crippen LogP contribution in [0.4, 0.5) is 0 Å². The van der Waals surface area contributed by atoms with E-state index >= 15 is 0 Å². The maximum Gasteiger partial charge on any atom is 0.159 e. The molecule has 0 spiro atoms. The molecule has 2 aromatic heterocycles. The van der Waals surface area contributed by atoms with Crippen LogP contribution in [0.15, 0.2) is 79.1 Å². The molecular formula is C29H31N5O2S. The molecule has 0 radical (unpaired) electrons. The highest BCUT2D eigenvalue weighted by atomic mass is 32.2. The number of unbranched alkanes of at least 4 members (excludes halogenated alkanes) is 1. The zero-order valence-electron chi connectivity index (χ0n) is 21.0. The van der Waals surface area contributed by atoms with Gasteiger partial charge in [0.15, 0.2) is 5.82 Å². The fourth-order valence-corrected chi connectivity index (χ4v) is 4.95. The minimum Gasteiger partial charge on any atom is -0.316 e. The summed E-state index contributed by atoms with van der Waals surface area (Å²) < 4.78 is 24.4. The summed E-state index contributed by atoms with van der Waals surface area (Å²) in [4.78, 5) is 9.49. The molecule has 0 saturated carbocycles. The molecule has 0 amide bonds. The van der Waals surface area contributed by atoms with Crippen LogP contribution in [-0.2, 0) is 22.8 Å². The van der Waals surface area contributed by atoms with E-state index in [-0.39, 0.29) is 5.75 Å². The molecule has 190 valence electrons. The Balaban J connectivity index is 1.25. The Morgan fingerprint density at radius 2 is 1.73 bits per heavy atom. The van der Waals surface area contributed by atoms with E-state index in [0.717, 1.165) is 59.7 Å². The second kappa shape index (κ2) is 11.2. The number of aromatic nitrogens is 4. The number of rotatable bonds is 11. The third-order valence-electron chi connectivity index (χ3n) is 6.44. The molecule has 0 aliphatic rings. The summed E-state index contributed by atoms with van der Waals surface area (Å²) in [6, 6.07) is 22.9. The molecule has 0 fully saturated rings. The third-order valence-corrected chi connectivity index (χ3v) is 7.39. The fourth-order valence-electron chi connectivity index (χ4n) is 4.43. The molecule has 0 unspecified atom stereocenters. The first-order valence-electron chi connectivity index (χ1n) is 12.6. The van der Waals surface area contributed by atoms with Crippen molar-refractivity contribution in [2.24, 2.45) is 0 Å². The molecule has 0 bridgehead atoms. The number of sulfone groups is 1. The van der Waals surface area contributed by atoms with Crippen molar-refractivity contribution in [3.63, 3.8) is 0 Å². The lowest BCUT2D eigenvalue weighted by atomic mass is 10.1. The molecule has 8 heteroatoms. The average molecular weight is 514 g/mol. The van der Waals surface area contributed by atoms with Gasteiger partial charge >= 0.3 is 0 Å². The number of nitrogens with zero attached hydrogens (tertiary/aromatic N) is 4. The summed E-state index contributed by atoms with van der Waals surface area (Å²) in [6.07, 6.45) is 8.03. The second-order valence-corrected chi connectivity index (χ2v) is 11.7. The van der Waals surface area contributed by atoms with Crippen molar-refractivity contribution in [3.8, 4) is 11.4 Å². The van der Waals surface area contributed by atoms with Crippen molar-refractivity contribution < 1.29 is 8.42 Å². The van der Waals surface area contributed by atoms with Crippen LogP contribution < -0.4 is 5.32 Å². The van der Waals surface area contributed by atoms with Crippen molar-refractivity contribution in [2.75, 3.05) is 25.1 Å². The molecular weight excluding hydrogens is 482 g/mol. The predicted octanol–water partition coefficient (Wildman–Crippen LogP) is 4.65. The summed E-state index contributed by atoms with van der Waals surface area (Å²) in [5.74, 6) is 0.889. The molecule has 37 heavy (non-hydrogen) atoms. The van der Waals surface area contributed by atoms with E-state index in [9.17, 15) is 8.42 Å². The highest BCUT2D eigenvalue weighted by Gasteiger charge is 2.09. The van der Waals surface area contributed by atoms with Crippen LogP contribution in [0.3, 0.4) is 0 Å². The van der Waals surface area contributed by atoms with Gasteiger partial charge in [-0.25, -0.2) is 18.4 Å². The molecule has 2 heterocycles. The van der Waals surface area contributed by atoms with Gasteiger partial charge in [-0.1, -0.05) is 42.5 Å². The van der Waals surface area contributed by atoms with Gasteiger partial charge in [0.25, 0.3) is 0 Å². The van der Waals surface area contributed by atoms with Crippen LogP contribution in [0.2, 0.25) is 0 Å². The van der Waals surface area contributed by atoms with Crippen LogP contribution in [0.1, 0.15) is 24.0 Å². The van der Waals surface area contributed by atoms with E-state index in [4.69, 9.17) is 4.98 Å². The van der Waals surface area contributed by atoms with Gasteiger partial charge in [0.1, 0.15) is 9.84 Å². The zero-order chi connectivity index (χ0) is 25.7. The highest BCUT2D eigenvalue weighted by molar-refractivity contribution is 7.90. The molecule has 0 aliphatic heterocycles. The van der Waals surface area contributed by atoms with Crippen LogP contribution in [0.25, 0.3) is 33.2 Å². The van der Waals surface area contributed by atoms with Gasteiger partial charge in [-0.3, -0.25) is 4.68 Å². The number of benzene rings is 3. The van der Waals surface area contributed by atoms with E-state index in [1.54, 1.807) is 0 Å². The lowest BCUT2D eigenvalue weighted by Gasteiger charge is -2.07. The first kappa shape index (κ1) is 25.0. The Morgan fingerprint density at radius 3 is 2.57 bits per heavy atom.